The lowest BCUT2D eigenvalue weighted by Crippen LogP contribution is -2.37. The summed E-state index contributed by atoms with van der Waals surface area (Å²) >= 11 is 3.32. The first-order valence-corrected chi connectivity index (χ1v) is 4.23. The fourth-order valence-electron chi connectivity index (χ4n) is 0.842. The van der Waals surface area contributed by atoms with Crippen molar-refractivity contribution in [3.05, 3.63) is 16.9 Å². The van der Waals surface area contributed by atoms with Gasteiger partial charge >= 0.3 is 0 Å². The molecular formula is C7H12BrN3. The van der Waals surface area contributed by atoms with Gasteiger partial charge in [0.15, 0.2) is 0 Å². The molecule has 1 heterocycles. The van der Waals surface area contributed by atoms with Gasteiger partial charge in [-0.25, -0.2) is 0 Å². The zero-order valence-electron chi connectivity index (χ0n) is 6.71. The summed E-state index contributed by atoms with van der Waals surface area (Å²) in [5, 5.41) is 4.09. The van der Waals surface area contributed by atoms with Crippen LogP contribution in [0.3, 0.4) is 0 Å². The summed E-state index contributed by atoms with van der Waals surface area (Å²) in [5.74, 6) is 0. The van der Waals surface area contributed by atoms with Gasteiger partial charge in [0.25, 0.3) is 0 Å². The molecule has 1 rings (SSSR count). The van der Waals surface area contributed by atoms with Crippen LogP contribution >= 0.6 is 15.9 Å². The fourth-order valence-corrected chi connectivity index (χ4v) is 1.17. The van der Waals surface area contributed by atoms with E-state index in [0.717, 1.165) is 11.0 Å². The van der Waals surface area contributed by atoms with Gasteiger partial charge in [0, 0.05) is 11.7 Å². The summed E-state index contributed by atoms with van der Waals surface area (Å²) in [6, 6.07) is 0. The van der Waals surface area contributed by atoms with Crippen molar-refractivity contribution in [2.75, 3.05) is 0 Å². The average molecular weight is 218 g/mol. The molecular weight excluding hydrogens is 206 g/mol. The number of nitrogens with zero attached hydrogens (tertiary/aromatic N) is 2. The molecule has 0 fully saturated rings. The van der Waals surface area contributed by atoms with Gasteiger partial charge < -0.3 is 5.73 Å². The van der Waals surface area contributed by atoms with Crippen molar-refractivity contribution in [3.8, 4) is 0 Å². The molecule has 62 valence electrons. The Morgan fingerprint density at radius 3 is 2.73 bits per heavy atom. The van der Waals surface area contributed by atoms with Crippen LogP contribution in [-0.4, -0.2) is 15.3 Å². The molecule has 0 aromatic carbocycles. The van der Waals surface area contributed by atoms with E-state index in [1.54, 1.807) is 6.20 Å². The lowest BCUT2D eigenvalue weighted by atomic mass is 10.1. The summed E-state index contributed by atoms with van der Waals surface area (Å²) < 4.78 is 2.81. The third kappa shape index (κ3) is 3.03. The quantitative estimate of drug-likeness (QED) is 0.814. The topological polar surface area (TPSA) is 43.8 Å². The van der Waals surface area contributed by atoms with Crippen LogP contribution in [-0.2, 0) is 6.54 Å². The van der Waals surface area contributed by atoms with Crippen molar-refractivity contribution in [1.82, 2.24) is 9.78 Å². The van der Waals surface area contributed by atoms with Gasteiger partial charge in [-0.15, -0.1) is 0 Å². The van der Waals surface area contributed by atoms with E-state index in [-0.39, 0.29) is 5.54 Å². The maximum Gasteiger partial charge on any atom is 0.0632 e. The summed E-state index contributed by atoms with van der Waals surface area (Å²) in [7, 11) is 0. The van der Waals surface area contributed by atoms with Gasteiger partial charge in [0.05, 0.1) is 17.2 Å². The Kier molecular flexibility index (Phi) is 2.34. The Hall–Kier alpha value is -0.350. The highest BCUT2D eigenvalue weighted by atomic mass is 79.9. The van der Waals surface area contributed by atoms with Gasteiger partial charge in [0.1, 0.15) is 0 Å². The molecule has 1 aromatic heterocycles. The lowest BCUT2D eigenvalue weighted by molar-refractivity contribution is 0.408. The second-order valence-corrected chi connectivity index (χ2v) is 4.26. The fraction of sp³-hybridized carbons (Fsp3) is 0.571. The van der Waals surface area contributed by atoms with E-state index in [2.05, 4.69) is 21.0 Å². The number of hydrogen-bond donors (Lipinski definition) is 1. The Balaban J connectivity index is 2.65. The molecule has 0 atom stereocenters. The number of halogens is 1. The third-order valence-corrected chi connectivity index (χ3v) is 1.58. The van der Waals surface area contributed by atoms with Gasteiger partial charge in [0.2, 0.25) is 0 Å². The van der Waals surface area contributed by atoms with Crippen LogP contribution in [0.2, 0.25) is 0 Å². The summed E-state index contributed by atoms with van der Waals surface area (Å²) in [5.41, 5.74) is 5.60. The minimum Gasteiger partial charge on any atom is -0.324 e. The third-order valence-electron chi connectivity index (χ3n) is 1.17. The molecule has 4 heteroatoms. The number of aromatic nitrogens is 2. The van der Waals surface area contributed by atoms with E-state index in [1.807, 2.05) is 24.7 Å². The molecule has 0 saturated heterocycles. The zero-order chi connectivity index (χ0) is 8.48. The van der Waals surface area contributed by atoms with Gasteiger partial charge in [-0.1, -0.05) is 0 Å². The van der Waals surface area contributed by atoms with Crippen molar-refractivity contribution in [2.24, 2.45) is 5.73 Å². The van der Waals surface area contributed by atoms with Gasteiger partial charge in [-0.2, -0.15) is 5.10 Å². The normalized spacial score (nSPS) is 12.0. The molecule has 0 spiro atoms. The van der Waals surface area contributed by atoms with Crippen molar-refractivity contribution < 1.29 is 0 Å². The largest absolute Gasteiger partial charge is 0.324 e. The van der Waals surface area contributed by atoms with Crippen LogP contribution < -0.4 is 5.73 Å². The second kappa shape index (κ2) is 2.95. The first-order valence-electron chi connectivity index (χ1n) is 3.44. The van der Waals surface area contributed by atoms with E-state index < -0.39 is 0 Å². The number of hydrogen-bond acceptors (Lipinski definition) is 2. The molecule has 0 aliphatic carbocycles. The van der Waals surface area contributed by atoms with Crippen LogP contribution in [0.1, 0.15) is 13.8 Å². The Labute approximate surface area is 74.7 Å². The molecule has 0 radical (unpaired) electrons. The average Bonchev–Trinajstić information content (AvgIpc) is 2.10. The van der Waals surface area contributed by atoms with E-state index in [9.17, 15) is 0 Å². The maximum atomic E-state index is 5.80. The number of nitrogens with two attached hydrogens (primary N) is 1. The predicted octanol–water partition coefficient (Wildman–Crippen LogP) is 1.38. The first kappa shape index (κ1) is 8.74. The van der Waals surface area contributed by atoms with E-state index in [0.29, 0.717) is 0 Å². The first-order chi connectivity index (χ1) is 4.97. The Bertz CT molecular complexity index is 236. The SMILES string of the molecule is CC(C)(N)Cn1cc(Br)cn1. The van der Waals surface area contributed by atoms with Crippen LogP contribution in [0.5, 0.6) is 0 Å². The minimum atomic E-state index is -0.203. The lowest BCUT2D eigenvalue weighted by Gasteiger charge is -2.17. The van der Waals surface area contributed by atoms with Crippen LogP contribution in [0.15, 0.2) is 16.9 Å². The van der Waals surface area contributed by atoms with Crippen molar-refractivity contribution in [2.45, 2.75) is 25.9 Å². The summed E-state index contributed by atoms with van der Waals surface area (Å²) in [6.07, 6.45) is 3.67. The van der Waals surface area contributed by atoms with Gasteiger partial charge in [-0.05, 0) is 29.8 Å². The van der Waals surface area contributed by atoms with Crippen molar-refractivity contribution in [3.63, 3.8) is 0 Å². The van der Waals surface area contributed by atoms with Crippen LogP contribution in [0, 0.1) is 0 Å². The van der Waals surface area contributed by atoms with E-state index in [4.69, 9.17) is 5.73 Å². The van der Waals surface area contributed by atoms with Crippen molar-refractivity contribution in [1.29, 1.82) is 0 Å². The predicted molar refractivity (Wildman–Crippen MR) is 48.2 cm³/mol. The minimum absolute atomic E-state index is 0.203. The Morgan fingerprint density at radius 2 is 2.36 bits per heavy atom. The second-order valence-electron chi connectivity index (χ2n) is 3.34. The van der Waals surface area contributed by atoms with Gasteiger partial charge in [-0.3, -0.25) is 4.68 Å². The van der Waals surface area contributed by atoms with E-state index in [1.165, 1.54) is 0 Å². The van der Waals surface area contributed by atoms with Crippen LogP contribution in [0.25, 0.3) is 0 Å². The molecule has 11 heavy (non-hydrogen) atoms. The molecule has 0 aliphatic heterocycles. The molecule has 0 amide bonds. The molecule has 0 aliphatic rings. The standard InChI is InChI=1S/C7H12BrN3/c1-7(2,9)5-11-4-6(8)3-10-11/h3-4H,5,9H2,1-2H3. The molecule has 0 unspecified atom stereocenters. The van der Waals surface area contributed by atoms with Crippen LogP contribution in [0.4, 0.5) is 0 Å². The van der Waals surface area contributed by atoms with Crippen molar-refractivity contribution >= 4 is 15.9 Å². The highest BCUT2D eigenvalue weighted by Crippen LogP contribution is 2.08. The molecule has 0 saturated carbocycles. The molecule has 1 aromatic rings. The summed E-state index contributed by atoms with van der Waals surface area (Å²) in [6.45, 7) is 4.68. The Morgan fingerprint density at radius 1 is 1.73 bits per heavy atom. The molecule has 3 nitrogen and oxygen atoms in total. The highest BCUT2D eigenvalue weighted by molar-refractivity contribution is 9.10. The molecule has 2 N–H and O–H groups in total. The molecule has 0 bridgehead atoms. The number of rotatable bonds is 2. The summed E-state index contributed by atoms with van der Waals surface area (Å²) in [4.78, 5) is 0. The monoisotopic (exact) mass is 217 g/mol. The van der Waals surface area contributed by atoms with E-state index >= 15 is 0 Å². The maximum absolute atomic E-state index is 5.80. The zero-order valence-corrected chi connectivity index (χ0v) is 8.30. The smallest absolute Gasteiger partial charge is 0.0632 e. The highest BCUT2D eigenvalue weighted by Gasteiger charge is 2.11.